The molecule has 3 nitrogen and oxygen atoms in total. The summed E-state index contributed by atoms with van der Waals surface area (Å²) in [6, 6.07) is 8.26. The third-order valence-corrected chi connectivity index (χ3v) is 4.36. The van der Waals surface area contributed by atoms with Crippen molar-refractivity contribution in [3.63, 3.8) is 0 Å². The van der Waals surface area contributed by atoms with Gasteiger partial charge in [0.25, 0.3) is 0 Å². The zero-order chi connectivity index (χ0) is 13.3. The average Bonchev–Trinajstić information content (AvgIpc) is 2.39. The monoisotopic (exact) mass is 261 g/mol. The highest BCUT2D eigenvalue weighted by Crippen LogP contribution is 2.44. The van der Waals surface area contributed by atoms with Crippen LogP contribution in [0.2, 0.25) is 0 Å². The summed E-state index contributed by atoms with van der Waals surface area (Å²) in [6.07, 6.45) is 5.44. The molecule has 2 aliphatic heterocycles. The molecule has 2 heterocycles. The number of fused-ring (bicyclic) bond motifs is 1. The fourth-order valence-electron chi connectivity index (χ4n) is 3.44. The fraction of sp³-hybridized carbons (Fsp3) is 0.625. The van der Waals surface area contributed by atoms with E-state index in [2.05, 4.69) is 13.0 Å². The normalized spacial score (nSPS) is 33.8. The number of benzene rings is 1. The summed E-state index contributed by atoms with van der Waals surface area (Å²) in [6.45, 7) is 2.99. The van der Waals surface area contributed by atoms with Crippen molar-refractivity contribution < 1.29 is 9.47 Å². The molecule has 0 aliphatic carbocycles. The molecule has 1 aromatic rings. The first-order chi connectivity index (χ1) is 9.22. The molecular formula is C16H23NO2. The van der Waals surface area contributed by atoms with Crippen LogP contribution in [0.15, 0.2) is 24.3 Å². The molecule has 1 fully saturated rings. The number of ether oxygens (including phenoxy) is 2. The van der Waals surface area contributed by atoms with Crippen LogP contribution in [0.3, 0.4) is 0 Å². The molecule has 0 radical (unpaired) electrons. The quantitative estimate of drug-likeness (QED) is 0.889. The topological polar surface area (TPSA) is 44.5 Å². The summed E-state index contributed by atoms with van der Waals surface area (Å²) in [4.78, 5) is 0. The first-order valence-corrected chi connectivity index (χ1v) is 7.37. The maximum Gasteiger partial charge on any atom is 0.124 e. The number of para-hydroxylation sites is 1. The van der Waals surface area contributed by atoms with Crippen LogP contribution in [-0.2, 0) is 4.74 Å². The molecule has 0 amide bonds. The van der Waals surface area contributed by atoms with Crippen molar-refractivity contribution in [2.45, 2.75) is 56.8 Å². The highest BCUT2D eigenvalue weighted by molar-refractivity contribution is 5.38. The van der Waals surface area contributed by atoms with Crippen LogP contribution >= 0.6 is 0 Å². The molecule has 2 aliphatic rings. The zero-order valence-corrected chi connectivity index (χ0v) is 11.6. The maximum absolute atomic E-state index is 6.35. The van der Waals surface area contributed by atoms with E-state index in [-0.39, 0.29) is 11.6 Å². The average molecular weight is 261 g/mol. The molecular weight excluding hydrogens is 238 g/mol. The summed E-state index contributed by atoms with van der Waals surface area (Å²) in [5.41, 5.74) is 7.39. The van der Waals surface area contributed by atoms with E-state index in [1.54, 1.807) is 0 Å². The third-order valence-electron chi connectivity index (χ3n) is 4.36. The van der Waals surface area contributed by atoms with Crippen molar-refractivity contribution in [1.29, 1.82) is 0 Å². The van der Waals surface area contributed by atoms with Gasteiger partial charge in [-0.15, -0.1) is 0 Å². The lowest BCUT2D eigenvalue weighted by molar-refractivity contribution is -0.103. The summed E-state index contributed by atoms with van der Waals surface area (Å²) in [7, 11) is 0. The van der Waals surface area contributed by atoms with Gasteiger partial charge >= 0.3 is 0 Å². The Hall–Kier alpha value is -1.06. The van der Waals surface area contributed by atoms with Gasteiger partial charge in [0.2, 0.25) is 0 Å². The van der Waals surface area contributed by atoms with Crippen LogP contribution < -0.4 is 10.5 Å². The van der Waals surface area contributed by atoms with Gasteiger partial charge in [-0.1, -0.05) is 31.5 Å². The predicted molar refractivity (Wildman–Crippen MR) is 75.2 cm³/mol. The van der Waals surface area contributed by atoms with Gasteiger partial charge in [0.05, 0.1) is 12.7 Å². The van der Waals surface area contributed by atoms with Gasteiger partial charge in [-0.25, -0.2) is 0 Å². The molecule has 3 heteroatoms. The van der Waals surface area contributed by atoms with E-state index in [4.69, 9.17) is 15.2 Å². The first-order valence-electron chi connectivity index (χ1n) is 7.37. The van der Waals surface area contributed by atoms with Gasteiger partial charge in [0, 0.05) is 30.9 Å². The molecule has 104 valence electrons. The second kappa shape index (κ2) is 5.14. The zero-order valence-electron chi connectivity index (χ0n) is 11.6. The smallest absolute Gasteiger partial charge is 0.124 e. The van der Waals surface area contributed by atoms with Gasteiger partial charge < -0.3 is 15.2 Å². The van der Waals surface area contributed by atoms with E-state index in [1.165, 1.54) is 0 Å². The van der Waals surface area contributed by atoms with E-state index in [0.29, 0.717) is 6.10 Å². The van der Waals surface area contributed by atoms with E-state index in [9.17, 15) is 0 Å². The Bertz CT molecular complexity index is 446. The number of hydrogen-bond donors (Lipinski definition) is 1. The van der Waals surface area contributed by atoms with Gasteiger partial charge in [0.1, 0.15) is 11.4 Å². The van der Waals surface area contributed by atoms with Crippen molar-refractivity contribution in [1.82, 2.24) is 0 Å². The molecule has 2 N–H and O–H groups in total. The molecule has 3 atom stereocenters. The lowest BCUT2D eigenvalue weighted by Gasteiger charge is -2.45. The van der Waals surface area contributed by atoms with Crippen molar-refractivity contribution in [3.8, 4) is 5.75 Å². The van der Waals surface area contributed by atoms with Crippen molar-refractivity contribution >= 4 is 0 Å². The summed E-state index contributed by atoms with van der Waals surface area (Å²) in [5.74, 6) is 0.971. The highest BCUT2D eigenvalue weighted by atomic mass is 16.5. The highest BCUT2D eigenvalue weighted by Gasteiger charge is 2.43. The second-order valence-corrected chi connectivity index (χ2v) is 5.87. The van der Waals surface area contributed by atoms with Crippen LogP contribution in [0.5, 0.6) is 5.75 Å². The summed E-state index contributed by atoms with van der Waals surface area (Å²) < 4.78 is 12.2. The molecule has 1 saturated heterocycles. The van der Waals surface area contributed by atoms with E-state index in [1.807, 2.05) is 18.2 Å². The Labute approximate surface area is 115 Å². The minimum Gasteiger partial charge on any atom is -0.487 e. The molecule has 0 saturated carbocycles. The van der Waals surface area contributed by atoms with Crippen molar-refractivity contribution in [2.24, 2.45) is 5.73 Å². The Morgan fingerprint density at radius 1 is 1.32 bits per heavy atom. The molecule has 19 heavy (non-hydrogen) atoms. The molecule has 1 aromatic carbocycles. The first kappa shape index (κ1) is 12.9. The second-order valence-electron chi connectivity index (χ2n) is 5.87. The molecule has 0 bridgehead atoms. The van der Waals surface area contributed by atoms with Crippen molar-refractivity contribution in [2.75, 3.05) is 6.61 Å². The summed E-state index contributed by atoms with van der Waals surface area (Å²) in [5, 5.41) is 0. The SMILES string of the molecule is CCCC1CC2(CCO1)C[C@@H](N)c1ccccc1O2. The van der Waals surface area contributed by atoms with Gasteiger partial charge in [-0.2, -0.15) is 0 Å². The lowest BCUT2D eigenvalue weighted by Crippen LogP contribution is -2.49. The molecule has 2 unspecified atom stereocenters. The molecule has 0 aromatic heterocycles. The van der Waals surface area contributed by atoms with Crippen LogP contribution in [-0.4, -0.2) is 18.3 Å². The Kier molecular flexibility index (Phi) is 3.50. The Balaban J connectivity index is 1.83. The Morgan fingerprint density at radius 2 is 2.16 bits per heavy atom. The minimum absolute atomic E-state index is 0.0883. The lowest BCUT2D eigenvalue weighted by atomic mass is 9.79. The summed E-state index contributed by atoms with van der Waals surface area (Å²) >= 11 is 0. The van der Waals surface area contributed by atoms with Crippen molar-refractivity contribution in [3.05, 3.63) is 29.8 Å². The minimum atomic E-state index is -0.105. The Morgan fingerprint density at radius 3 is 3.00 bits per heavy atom. The van der Waals surface area contributed by atoms with Crippen LogP contribution in [0.25, 0.3) is 0 Å². The van der Waals surface area contributed by atoms with Gasteiger partial charge in [-0.05, 0) is 12.5 Å². The number of nitrogens with two attached hydrogens (primary N) is 1. The van der Waals surface area contributed by atoms with Crippen LogP contribution in [0.1, 0.15) is 50.6 Å². The van der Waals surface area contributed by atoms with Crippen LogP contribution in [0.4, 0.5) is 0 Å². The fourth-order valence-corrected chi connectivity index (χ4v) is 3.44. The molecule has 3 rings (SSSR count). The molecule has 1 spiro atoms. The van der Waals surface area contributed by atoms with Crippen LogP contribution in [0, 0.1) is 0 Å². The van der Waals surface area contributed by atoms with E-state index >= 15 is 0 Å². The number of rotatable bonds is 2. The largest absolute Gasteiger partial charge is 0.487 e. The van der Waals surface area contributed by atoms with Gasteiger partial charge in [0.15, 0.2) is 0 Å². The van der Waals surface area contributed by atoms with Gasteiger partial charge in [-0.3, -0.25) is 0 Å². The standard InChI is InChI=1S/C16H23NO2/c1-2-5-12-10-16(8-9-18-12)11-14(17)13-6-3-4-7-15(13)19-16/h3-4,6-7,12,14H,2,5,8-11,17H2,1H3/t12?,14-,16?/m1/s1. The van der Waals surface area contributed by atoms with E-state index in [0.717, 1.165) is 50.0 Å². The third kappa shape index (κ3) is 2.49. The number of hydrogen-bond acceptors (Lipinski definition) is 3. The maximum atomic E-state index is 6.35. The van der Waals surface area contributed by atoms with E-state index < -0.39 is 0 Å². The predicted octanol–water partition coefficient (Wildman–Crippen LogP) is 3.19.